The zero-order chi connectivity index (χ0) is 15.4. The number of para-hydroxylation sites is 1. The molecule has 0 aliphatic carbocycles. The van der Waals surface area contributed by atoms with E-state index in [0.29, 0.717) is 6.04 Å². The van der Waals surface area contributed by atoms with Crippen LogP contribution >= 0.6 is 0 Å². The second kappa shape index (κ2) is 6.43. The van der Waals surface area contributed by atoms with Crippen LogP contribution in [0.4, 0.5) is 11.5 Å². The molecular formula is C16H18N4O2. The number of aromatic carboxylic acids is 1. The lowest BCUT2D eigenvalue weighted by Gasteiger charge is -2.34. The lowest BCUT2D eigenvalue weighted by molar-refractivity contribution is 0.0690. The Balaban J connectivity index is 1.66. The molecule has 6 nitrogen and oxygen atoms in total. The number of carboxylic acids is 1. The summed E-state index contributed by atoms with van der Waals surface area (Å²) in [5.74, 6) is -0.328. The first kappa shape index (κ1) is 14.3. The molecule has 2 heterocycles. The highest BCUT2D eigenvalue weighted by Crippen LogP contribution is 2.20. The number of hydrogen-bond donors (Lipinski definition) is 2. The molecule has 1 saturated heterocycles. The van der Waals surface area contributed by atoms with Gasteiger partial charge in [-0.05, 0) is 25.0 Å². The van der Waals surface area contributed by atoms with Crippen molar-refractivity contribution in [2.75, 3.05) is 23.3 Å². The van der Waals surface area contributed by atoms with Crippen LogP contribution < -0.4 is 10.2 Å². The maximum Gasteiger partial charge on any atom is 0.356 e. The monoisotopic (exact) mass is 298 g/mol. The van der Waals surface area contributed by atoms with Crippen molar-refractivity contribution in [3.63, 3.8) is 0 Å². The maximum absolute atomic E-state index is 10.8. The van der Waals surface area contributed by atoms with Gasteiger partial charge in [0.05, 0.1) is 12.4 Å². The van der Waals surface area contributed by atoms with Crippen molar-refractivity contribution >= 4 is 17.5 Å². The average molecular weight is 298 g/mol. The van der Waals surface area contributed by atoms with Crippen molar-refractivity contribution in [2.45, 2.75) is 18.9 Å². The van der Waals surface area contributed by atoms with Crippen LogP contribution in [-0.2, 0) is 0 Å². The smallest absolute Gasteiger partial charge is 0.356 e. The molecule has 1 aromatic heterocycles. The molecule has 2 N–H and O–H groups in total. The van der Waals surface area contributed by atoms with Crippen molar-refractivity contribution in [2.24, 2.45) is 0 Å². The number of rotatable bonds is 4. The quantitative estimate of drug-likeness (QED) is 0.901. The van der Waals surface area contributed by atoms with E-state index in [1.54, 1.807) is 0 Å². The second-order valence-electron chi connectivity index (χ2n) is 5.36. The molecule has 1 aromatic carbocycles. The normalized spacial score (nSPS) is 18.0. The molecule has 22 heavy (non-hydrogen) atoms. The SMILES string of the molecule is O=C(O)c1cnc(N2CCCC(Nc3ccccc3)C2)cn1. The minimum absolute atomic E-state index is 0.0280. The molecule has 1 aliphatic rings. The Bertz CT molecular complexity index is 630. The predicted octanol–water partition coefficient (Wildman–Crippen LogP) is 2.26. The first-order valence-electron chi connectivity index (χ1n) is 7.34. The van der Waals surface area contributed by atoms with Gasteiger partial charge in [-0.2, -0.15) is 0 Å². The van der Waals surface area contributed by atoms with E-state index in [1.807, 2.05) is 18.2 Å². The van der Waals surface area contributed by atoms with Gasteiger partial charge in [0, 0.05) is 24.8 Å². The predicted molar refractivity (Wildman–Crippen MR) is 84.3 cm³/mol. The Morgan fingerprint density at radius 2 is 2.05 bits per heavy atom. The zero-order valence-electron chi connectivity index (χ0n) is 12.1. The van der Waals surface area contributed by atoms with E-state index >= 15 is 0 Å². The molecule has 2 aromatic rings. The van der Waals surface area contributed by atoms with Crippen molar-refractivity contribution in [1.82, 2.24) is 9.97 Å². The molecule has 114 valence electrons. The van der Waals surface area contributed by atoms with E-state index in [1.165, 1.54) is 12.4 Å². The minimum Gasteiger partial charge on any atom is -0.476 e. The third-order valence-corrected chi connectivity index (χ3v) is 3.75. The minimum atomic E-state index is -1.05. The van der Waals surface area contributed by atoms with Gasteiger partial charge in [-0.1, -0.05) is 18.2 Å². The van der Waals surface area contributed by atoms with E-state index in [0.717, 1.165) is 37.4 Å². The van der Waals surface area contributed by atoms with E-state index in [2.05, 4.69) is 32.3 Å². The van der Waals surface area contributed by atoms with Crippen LogP contribution in [0, 0.1) is 0 Å². The van der Waals surface area contributed by atoms with Gasteiger partial charge < -0.3 is 15.3 Å². The van der Waals surface area contributed by atoms with Crippen LogP contribution in [0.25, 0.3) is 0 Å². The number of piperidine rings is 1. The number of nitrogens with zero attached hydrogens (tertiary/aromatic N) is 3. The first-order chi connectivity index (χ1) is 10.7. The van der Waals surface area contributed by atoms with E-state index < -0.39 is 5.97 Å². The second-order valence-corrected chi connectivity index (χ2v) is 5.36. The summed E-state index contributed by atoms with van der Waals surface area (Å²) in [7, 11) is 0. The third kappa shape index (κ3) is 3.33. The molecule has 0 bridgehead atoms. The van der Waals surface area contributed by atoms with E-state index in [4.69, 9.17) is 5.11 Å². The van der Waals surface area contributed by atoms with Crippen molar-refractivity contribution in [1.29, 1.82) is 0 Å². The lowest BCUT2D eigenvalue weighted by atomic mass is 10.1. The van der Waals surface area contributed by atoms with Gasteiger partial charge in [0.2, 0.25) is 0 Å². The maximum atomic E-state index is 10.8. The Morgan fingerprint density at radius 3 is 2.73 bits per heavy atom. The molecule has 1 fully saturated rings. The van der Waals surface area contributed by atoms with Crippen LogP contribution in [0.2, 0.25) is 0 Å². The molecule has 1 aliphatic heterocycles. The van der Waals surface area contributed by atoms with Crippen LogP contribution in [0.15, 0.2) is 42.7 Å². The topological polar surface area (TPSA) is 78.3 Å². The summed E-state index contributed by atoms with van der Waals surface area (Å²) in [6.45, 7) is 1.74. The molecule has 3 rings (SSSR count). The number of anilines is 2. The summed E-state index contributed by atoms with van der Waals surface area (Å²) in [6.07, 6.45) is 5.01. The van der Waals surface area contributed by atoms with Crippen LogP contribution in [-0.4, -0.2) is 40.2 Å². The highest BCUT2D eigenvalue weighted by atomic mass is 16.4. The summed E-state index contributed by atoms with van der Waals surface area (Å²) >= 11 is 0. The summed E-state index contributed by atoms with van der Waals surface area (Å²) < 4.78 is 0. The summed E-state index contributed by atoms with van der Waals surface area (Å²) in [4.78, 5) is 21.1. The van der Waals surface area contributed by atoms with Gasteiger partial charge in [0.1, 0.15) is 5.82 Å². The van der Waals surface area contributed by atoms with Crippen LogP contribution in [0.5, 0.6) is 0 Å². The summed E-state index contributed by atoms with van der Waals surface area (Å²) in [6, 6.07) is 10.5. The molecule has 0 saturated carbocycles. The Hall–Kier alpha value is -2.63. The highest BCUT2D eigenvalue weighted by Gasteiger charge is 2.21. The van der Waals surface area contributed by atoms with Gasteiger partial charge in [0.15, 0.2) is 5.69 Å². The zero-order valence-corrected chi connectivity index (χ0v) is 12.1. The Kier molecular flexibility index (Phi) is 4.18. The third-order valence-electron chi connectivity index (χ3n) is 3.75. The Labute approximate surface area is 128 Å². The summed E-state index contributed by atoms with van der Waals surface area (Å²) in [5, 5.41) is 12.4. The Morgan fingerprint density at radius 1 is 1.23 bits per heavy atom. The molecular weight excluding hydrogens is 280 g/mol. The van der Waals surface area contributed by atoms with Gasteiger partial charge >= 0.3 is 5.97 Å². The number of carboxylic acid groups (broad SMARTS) is 1. The average Bonchev–Trinajstić information content (AvgIpc) is 2.56. The molecule has 1 atom stereocenters. The van der Waals surface area contributed by atoms with Gasteiger partial charge in [-0.25, -0.2) is 14.8 Å². The van der Waals surface area contributed by atoms with Crippen LogP contribution in [0.1, 0.15) is 23.3 Å². The number of hydrogen-bond acceptors (Lipinski definition) is 5. The number of aromatic nitrogens is 2. The van der Waals surface area contributed by atoms with E-state index in [9.17, 15) is 4.79 Å². The van der Waals surface area contributed by atoms with Gasteiger partial charge in [-0.3, -0.25) is 0 Å². The molecule has 0 spiro atoms. The van der Waals surface area contributed by atoms with E-state index in [-0.39, 0.29) is 5.69 Å². The lowest BCUT2D eigenvalue weighted by Crippen LogP contribution is -2.42. The molecule has 6 heteroatoms. The molecule has 0 amide bonds. The van der Waals surface area contributed by atoms with Crippen LogP contribution in [0.3, 0.4) is 0 Å². The molecule has 1 unspecified atom stereocenters. The number of benzene rings is 1. The fraction of sp³-hybridized carbons (Fsp3) is 0.312. The van der Waals surface area contributed by atoms with Crippen molar-refractivity contribution in [3.8, 4) is 0 Å². The fourth-order valence-electron chi connectivity index (χ4n) is 2.67. The standard InChI is InChI=1S/C16H18N4O2/c21-16(22)14-9-18-15(10-17-14)20-8-4-7-13(11-20)19-12-5-2-1-3-6-12/h1-3,5-6,9-10,13,19H,4,7-8,11H2,(H,21,22). The van der Waals surface area contributed by atoms with Crippen molar-refractivity contribution < 1.29 is 9.90 Å². The van der Waals surface area contributed by atoms with Crippen molar-refractivity contribution in [3.05, 3.63) is 48.4 Å². The largest absolute Gasteiger partial charge is 0.476 e. The van der Waals surface area contributed by atoms with Gasteiger partial charge in [0.25, 0.3) is 0 Å². The molecule has 0 radical (unpaired) electrons. The fourth-order valence-corrected chi connectivity index (χ4v) is 2.67. The number of nitrogens with one attached hydrogen (secondary N) is 1. The highest BCUT2D eigenvalue weighted by molar-refractivity contribution is 5.84. The summed E-state index contributed by atoms with van der Waals surface area (Å²) in [5.41, 5.74) is 1.08. The first-order valence-corrected chi connectivity index (χ1v) is 7.34. The number of carbonyl (C=O) groups is 1. The van der Waals surface area contributed by atoms with Gasteiger partial charge in [-0.15, -0.1) is 0 Å².